The highest BCUT2D eigenvalue weighted by Gasteiger charge is 2.39. The molecule has 1 rings (SSSR count). The molecular weight excluding hydrogens is 320 g/mol. The Balaban J connectivity index is 2.48. The zero-order chi connectivity index (χ0) is 18.7. The second-order valence-electron chi connectivity index (χ2n) is 6.86. The van der Waals surface area contributed by atoms with E-state index in [1.807, 2.05) is 12.2 Å². The second-order valence-corrected chi connectivity index (χ2v) is 6.86. The van der Waals surface area contributed by atoms with Crippen molar-refractivity contribution in [1.82, 2.24) is 0 Å². The van der Waals surface area contributed by atoms with Gasteiger partial charge in [-0.15, -0.1) is 0 Å². The number of aliphatic carboxylic acids is 1. The molecule has 1 saturated carbocycles. The number of Topliss-reactive ketones (excluding diaryl/α,β-unsaturated/α-hetero) is 1. The van der Waals surface area contributed by atoms with Crippen molar-refractivity contribution in [1.29, 1.82) is 0 Å². The van der Waals surface area contributed by atoms with Crippen LogP contribution in [-0.2, 0) is 9.59 Å². The van der Waals surface area contributed by atoms with Crippen LogP contribution in [0.25, 0.3) is 0 Å². The molecule has 4 atom stereocenters. The van der Waals surface area contributed by atoms with Gasteiger partial charge in [0.15, 0.2) is 0 Å². The van der Waals surface area contributed by atoms with E-state index < -0.39 is 18.2 Å². The summed E-state index contributed by atoms with van der Waals surface area (Å²) < 4.78 is 0. The summed E-state index contributed by atoms with van der Waals surface area (Å²) in [6.45, 7) is 2.11. The summed E-state index contributed by atoms with van der Waals surface area (Å²) in [5, 5.41) is 28.7. The summed E-state index contributed by atoms with van der Waals surface area (Å²) in [7, 11) is 0. The first kappa shape index (κ1) is 21.6. The van der Waals surface area contributed by atoms with Crippen molar-refractivity contribution in [3.8, 4) is 0 Å². The number of hydrogen-bond donors (Lipinski definition) is 3. The molecule has 0 radical (unpaired) electrons. The van der Waals surface area contributed by atoms with Crippen LogP contribution in [-0.4, -0.2) is 39.3 Å². The highest BCUT2D eigenvalue weighted by Crippen LogP contribution is 2.33. The Labute approximate surface area is 150 Å². The SMILES string of the molecule is CCCCC[C@@H](O)/C=C\[C@H]1[C@H](O)CC(=O)[C@@H]1C/C=C\CCCC(=O)O. The van der Waals surface area contributed by atoms with Gasteiger partial charge in [-0.3, -0.25) is 9.59 Å². The quantitative estimate of drug-likeness (QED) is 0.370. The van der Waals surface area contributed by atoms with Crippen LogP contribution in [0.2, 0.25) is 0 Å². The van der Waals surface area contributed by atoms with Crippen molar-refractivity contribution in [3.05, 3.63) is 24.3 Å². The van der Waals surface area contributed by atoms with Gasteiger partial charge in [-0.2, -0.15) is 0 Å². The number of aliphatic hydroxyl groups excluding tert-OH is 2. The predicted molar refractivity (Wildman–Crippen MR) is 97.1 cm³/mol. The first-order chi connectivity index (χ1) is 12.0. The van der Waals surface area contributed by atoms with Gasteiger partial charge in [0.1, 0.15) is 5.78 Å². The number of carboxylic acids is 1. The van der Waals surface area contributed by atoms with Crippen LogP contribution in [0.15, 0.2) is 24.3 Å². The Morgan fingerprint density at radius 2 is 2.04 bits per heavy atom. The Morgan fingerprint density at radius 1 is 1.28 bits per heavy atom. The minimum Gasteiger partial charge on any atom is -0.481 e. The van der Waals surface area contributed by atoms with Crippen LogP contribution in [0.4, 0.5) is 0 Å². The van der Waals surface area contributed by atoms with Gasteiger partial charge in [0.25, 0.3) is 0 Å². The highest BCUT2D eigenvalue weighted by atomic mass is 16.4. The second kappa shape index (κ2) is 12.0. The minimum atomic E-state index is -0.801. The normalized spacial score (nSPS) is 25.2. The van der Waals surface area contributed by atoms with E-state index in [1.165, 1.54) is 0 Å². The molecule has 1 fully saturated rings. The molecule has 0 amide bonds. The molecule has 1 aliphatic rings. The van der Waals surface area contributed by atoms with Crippen molar-refractivity contribution in [2.24, 2.45) is 11.8 Å². The number of ketones is 1. The Hall–Kier alpha value is -1.46. The number of aliphatic hydroxyl groups is 2. The molecule has 0 aromatic carbocycles. The maximum Gasteiger partial charge on any atom is 0.303 e. The molecule has 3 N–H and O–H groups in total. The number of carbonyl (C=O) groups excluding carboxylic acids is 1. The molecule has 0 unspecified atom stereocenters. The molecule has 0 aliphatic heterocycles. The summed E-state index contributed by atoms with van der Waals surface area (Å²) in [5.74, 6) is -1.26. The van der Waals surface area contributed by atoms with Gasteiger partial charge in [0.05, 0.1) is 12.2 Å². The summed E-state index contributed by atoms with van der Waals surface area (Å²) in [6, 6.07) is 0. The van der Waals surface area contributed by atoms with Gasteiger partial charge in [-0.25, -0.2) is 0 Å². The summed E-state index contributed by atoms with van der Waals surface area (Å²) in [5.41, 5.74) is 0. The largest absolute Gasteiger partial charge is 0.481 e. The first-order valence-electron chi connectivity index (χ1n) is 9.39. The number of hydrogen-bond acceptors (Lipinski definition) is 4. The van der Waals surface area contributed by atoms with Crippen LogP contribution in [0, 0.1) is 11.8 Å². The van der Waals surface area contributed by atoms with E-state index in [2.05, 4.69) is 6.92 Å². The van der Waals surface area contributed by atoms with Crippen LogP contribution in [0.5, 0.6) is 0 Å². The van der Waals surface area contributed by atoms with Crippen LogP contribution in [0.3, 0.4) is 0 Å². The van der Waals surface area contributed by atoms with Crippen molar-refractivity contribution >= 4 is 11.8 Å². The van der Waals surface area contributed by atoms with Gasteiger partial charge in [-0.1, -0.05) is 50.5 Å². The van der Waals surface area contributed by atoms with E-state index in [4.69, 9.17) is 5.11 Å². The van der Waals surface area contributed by atoms with E-state index in [0.29, 0.717) is 25.7 Å². The molecule has 0 heterocycles. The van der Waals surface area contributed by atoms with Crippen LogP contribution >= 0.6 is 0 Å². The van der Waals surface area contributed by atoms with Gasteiger partial charge < -0.3 is 15.3 Å². The third kappa shape index (κ3) is 8.45. The molecule has 0 aromatic rings. The third-order valence-corrected chi connectivity index (χ3v) is 4.71. The standard InChI is InChI=1S/C20H32O5/c1-2-3-6-9-15(21)12-13-17-16(18(22)14-19(17)23)10-7-4-5-8-11-20(24)25/h4,7,12-13,15-17,19,21,23H,2-3,5-6,8-11,14H2,1H3,(H,24,25)/b7-4-,13-12-/t15-,16-,17-,19-/m1/s1. The Morgan fingerprint density at radius 3 is 2.72 bits per heavy atom. The van der Waals surface area contributed by atoms with E-state index in [9.17, 15) is 19.8 Å². The zero-order valence-corrected chi connectivity index (χ0v) is 15.1. The van der Waals surface area contributed by atoms with E-state index in [1.54, 1.807) is 12.2 Å². The van der Waals surface area contributed by atoms with Gasteiger partial charge >= 0.3 is 5.97 Å². The van der Waals surface area contributed by atoms with Crippen molar-refractivity contribution in [2.75, 3.05) is 0 Å². The highest BCUT2D eigenvalue weighted by molar-refractivity contribution is 5.84. The fraction of sp³-hybridized carbons (Fsp3) is 0.700. The summed E-state index contributed by atoms with van der Waals surface area (Å²) >= 11 is 0. The van der Waals surface area contributed by atoms with E-state index in [-0.39, 0.29) is 30.5 Å². The molecule has 0 spiro atoms. The Bertz CT molecular complexity index is 469. The van der Waals surface area contributed by atoms with Gasteiger partial charge in [0.2, 0.25) is 0 Å². The molecular formula is C20H32O5. The first-order valence-corrected chi connectivity index (χ1v) is 9.39. The lowest BCUT2D eigenvalue weighted by atomic mass is 9.90. The maximum atomic E-state index is 12.1. The lowest BCUT2D eigenvalue weighted by molar-refractivity contribution is -0.137. The topological polar surface area (TPSA) is 94.8 Å². The summed E-state index contributed by atoms with van der Waals surface area (Å²) in [4.78, 5) is 22.5. The molecule has 5 nitrogen and oxygen atoms in total. The van der Waals surface area contributed by atoms with Crippen LogP contribution in [0.1, 0.15) is 64.7 Å². The number of unbranched alkanes of at least 4 members (excludes halogenated alkanes) is 3. The van der Waals surface area contributed by atoms with E-state index in [0.717, 1.165) is 19.3 Å². The van der Waals surface area contributed by atoms with E-state index >= 15 is 0 Å². The molecule has 25 heavy (non-hydrogen) atoms. The molecule has 0 saturated heterocycles. The average molecular weight is 352 g/mol. The predicted octanol–water partition coefficient (Wildman–Crippen LogP) is 3.25. The number of carboxylic acid groups (broad SMARTS) is 1. The molecule has 5 heteroatoms. The molecule has 1 aliphatic carbocycles. The van der Waals surface area contributed by atoms with Crippen molar-refractivity contribution < 1.29 is 24.9 Å². The number of rotatable bonds is 12. The number of carbonyl (C=O) groups is 2. The van der Waals surface area contributed by atoms with Crippen molar-refractivity contribution in [3.63, 3.8) is 0 Å². The van der Waals surface area contributed by atoms with Crippen LogP contribution < -0.4 is 0 Å². The lowest BCUT2D eigenvalue weighted by Gasteiger charge is -2.16. The fourth-order valence-electron chi connectivity index (χ4n) is 3.22. The Kier molecular flexibility index (Phi) is 10.3. The zero-order valence-electron chi connectivity index (χ0n) is 15.1. The smallest absolute Gasteiger partial charge is 0.303 e. The monoisotopic (exact) mass is 352 g/mol. The average Bonchev–Trinajstić information content (AvgIpc) is 2.82. The lowest BCUT2D eigenvalue weighted by Crippen LogP contribution is -2.18. The van der Waals surface area contributed by atoms with Gasteiger partial charge in [-0.05, 0) is 25.7 Å². The molecule has 142 valence electrons. The van der Waals surface area contributed by atoms with Crippen molar-refractivity contribution in [2.45, 2.75) is 76.9 Å². The molecule has 0 aromatic heterocycles. The fourth-order valence-corrected chi connectivity index (χ4v) is 3.22. The maximum absolute atomic E-state index is 12.1. The third-order valence-electron chi connectivity index (χ3n) is 4.71. The van der Waals surface area contributed by atoms with Gasteiger partial charge in [0, 0.05) is 24.7 Å². The molecule has 0 bridgehead atoms. The number of allylic oxidation sites excluding steroid dienone is 2. The summed E-state index contributed by atoms with van der Waals surface area (Å²) in [6.07, 6.45) is 12.1. The minimum absolute atomic E-state index is 0.0535.